The van der Waals surface area contributed by atoms with Crippen LogP contribution in [0.5, 0.6) is 0 Å². The number of nitrogens with one attached hydrogen (secondary N) is 1. The molecule has 4 nitrogen and oxygen atoms in total. The van der Waals surface area contributed by atoms with Crippen LogP contribution < -0.4 is 5.32 Å². The molecule has 3 aromatic rings. The van der Waals surface area contributed by atoms with Crippen molar-refractivity contribution in [2.75, 3.05) is 5.75 Å². The monoisotopic (exact) mass is 484 g/mol. The van der Waals surface area contributed by atoms with Gasteiger partial charge in [0.05, 0.1) is 11.4 Å². The lowest BCUT2D eigenvalue weighted by molar-refractivity contribution is -0.125. The van der Waals surface area contributed by atoms with Crippen LogP contribution in [0.2, 0.25) is 0 Å². The Morgan fingerprint density at radius 3 is 1.89 bits per heavy atom. The highest BCUT2D eigenvalue weighted by Crippen LogP contribution is 2.41. The van der Waals surface area contributed by atoms with Crippen molar-refractivity contribution in [1.82, 2.24) is 10.2 Å². The molecule has 2 fully saturated rings. The van der Waals surface area contributed by atoms with E-state index in [1.165, 1.54) is 19.3 Å². The van der Waals surface area contributed by atoms with E-state index in [9.17, 15) is 9.59 Å². The number of thioether (sulfide) groups is 1. The van der Waals surface area contributed by atoms with Crippen molar-refractivity contribution in [3.63, 3.8) is 0 Å². The van der Waals surface area contributed by atoms with E-state index in [1.807, 2.05) is 95.9 Å². The fraction of sp³-hybridized carbons (Fsp3) is 0.333. The molecule has 0 radical (unpaired) electrons. The maximum atomic E-state index is 13.9. The second-order valence-electron chi connectivity index (χ2n) is 9.48. The number of carbonyl (C=O) groups is 2. The van der Waals surface area contributed by atoms with Gasteiger partial charge in [-0.3, -0.25) is 9.59 Å². The van der Waals surface area contributed by atoms with Gasteiger partial charge in [0.25, 0.3) is 5.91 Å². The van der Waals surface area contributed by atoms with Crippen LogP contribution in [0.3, 0.4) is 0 Å². The fourth-order valence-corrected chi connectivity index (χ4v) is 7.03. The van der Waals surface area contributed by atoms with Gasteiger partial charge in [-0.25, -0.2) is 0 Å². The van der Waals surface area contributed by atoms with Crippen LogP contribution in [-0.2, 0) is 4.79 Å². The smallest absolute Gasteiger partial charge is 0.255 e. The Morgan fingerprint density at radius 1 is 0.771 bits per heavy atom. The summed E-state index contributed by atoms with van der Waals surface area (Å²) >= 11 is 1.78. The molecular formula is C30H32N2O2S. The van der Waals surface area contributed by atoms with Gasteiger partial charge in [0, 0.05) is 11.3 Å². The standard InChI is InChI=1S/C30H32N2O2S/c33-28(31-27(22-13-5-1-6-14-22)23-15-7-2-8-16-23)26-21-35-30(25-19-11-4-12-20-25)32(26)29(34)24-17-9-3-10-18-24/h1-3,5-10,13-18,25-27,30H,4,11-12,19-21H2,(H,31,33). The quantitative estimate of drug-likeness (QED) is 0.463. The van der Waals surface area contributed by atoms with E-state index < -0.39 is 6.04 Å². The van der Waals surface area contributed by atoms with Gasteiger partial charge in [0.2, 0.25) is 5.91 Å². The molecule has 3 aromatic carbocycles. The molecule has 1 aliphatic heterocycles. The number of rotatable bonds is 6. The summed E-state index contributed by atoms with van der Waals surface area (Å²) in [6.07, 6.45) is 5.93. The summed E-state index contributed by atoms with van der Waals surface area (Å²) in [6.45, 7) is 0. The zero-order chi connectivity index (χ0) is 24.0. The topological polar surface area (TPSA) is 49.4 Å². The van der Waals surface area contributed by atoms with Crippen molar-refractivity contribution >= 4 is 23.6 Å². The highest BCUT2D eigenvalue weighted by Gasteiger charge is 2.45. The van der Waals surface area contributed by atoms with Gasteiger partial charge in [0.15, 0.2) is 0 Å². The van der Waals surface area contributed by atoms with Crippen molar-refractivity contribution in [2.45, 2.75) is 49.6 Å². The first-order valence-corrected chi connectivity index (χ1v) is 13.7. The zero-order valence-electron chi connectivity index (χ0n) is 19.9. The van der Waals surface area contributed by atoms with Gasteiger partial charge in [-0.1, -0.05) is 98.1 Å². The predicted molar refractivity (Wildman–Crippen MR) is 142 cm³/mol. The largest absolute Gasteiger partial charge is 0.343 e. The lowest BCUT2D eigenvalue weighted by Crippen LogP contribution is -2.52. The predicted octanol–water partition coefficient (Wildman–Crippen LogP) is 6.06. The molecule has 180 valence electrons. The third kappa shape index (κ3) is 5.30. The van der Waals surface area contributed by atoms with Gasteiger partial charge in [-0.05, 0) is 42.0 Å². The fourth-order valence-electron chi connectivity index (χ4n) is 5.39. The van der Waals surface area contributed by atoms with E-state index in [4.69, 9.17) is 0 Å². The van der Waals surface area contributed by atoms with E-state index in [1.54, 1.807) is 11.8 Å². The van der Waals surface area contributed by atoms with Gasteiger partial charge >= 0.3 is 0 Å². The van der Waals surface area contributed by atoms with Crippen molar-refractivity contribution in [2.24, 2.45) is 5.92 Å². The van der Waals surface area contributed by atoms with Crippen LogP contribution in [0, 0.1) is 5.92 Å². The van der Waals surface area contributed by atoms with E-state index >= 15 is 0 Å². The number of carbonyl (C=O) groups excluding carboxylic acids is 2. The van der Waals surface area contributed by atoms with Crippen molar-refractivity contribution in [3.8, 4) is 0 Å². The van der Waals surface area contributed by atoms with E-state index in [0.717, 1.165) is 24.0 Å². The molecule has 2 unspecified atom stereocenters. The summed E-state index contributed by atoms with van der Waals surface area (Å²) in [5, 5.41) is 3.35. The van der Waals surface area contributed by atoms with Gasteiger partial charge in [0.1, 0.15) is 6.04 Å². The normalized spacial score (nSPS) is 20.7. The molecule has 1 saturated heterocycles. The number of amides is 2. The van der Waals surface area contributed by atoms with Gasteiger partial charge in [-0.2, -0.15) is 0 Å². The van der Waals surface area contributed by atoms with Crippen LogP contribution >= 0.6 is 11.8 Å². The van der Waals surface area contributed by atoms with E-state index in [2.05, 4.69) is 5.32 Å². The molecule has 2 aliphatic rings. The molecule has 35 heavy (non-hydrogen) atoms. The molecule has 1 heterocycles. The summed E-state index contributed by atoms with van der Waals surface area (Å²) in [5.74, 6) is 0.945. The first kappa shape index (κ1) is 23.7. The summed E-state index contributed by atoms with van der Waals surface area (Å²) in [6, 6.07) is 28.8. The SMILES string of the molecule is O=C(NC(c1ccccc1)c1ccccc1)C1CSC(C2CCCCC2)N1C(=O)c1ccccc1. The van der Waals surface area contributed by atoms with Crippen molar-refractivity contribution in [1.29, 1.82) is 0 Å². The lowest BCUT2D eigenvalue weighted by atomic mass is 9.88. The third-order valence-corrected chi connectivity index (χ3v) is 8.66. The Morgan fingerprint density at radius 2 is 1.31 bits per heavy atom. The minimum atomic E-state index is -0.491. The molecular weight excluding hydrogens is 452 g/mol. The highest BCUT2D eigenvalue weighted by atomic mass is 32.2. The van der Waals surface area contributed by atoms with Crippen LogP contribution in [0.1, 0.15) is 59.6 Å². The first-order valence-electron chi connectivity index (χ1n) is 12.6. The molecule has 5 heteroatoms. The molecule has 2 atom stereocenters. The van der Waals surface area contributed by atoms with Crippen LogP contribution in [-0.4, -0.2) is 33.9 Å². The average Bonchev–Trinajstić information content (AvgIpc) is 3.38. The maximum Gasteiger partial charge on any atom is 0.255 e. The van der Waals surface area contributed by atoms with Crippen LogP contribution in [0.15, 0.2) is 91.0 Å². The Labute approximate surface area is 212 Å². The zero-order valence-corrected chi connectivity index (χ0v) is 20.7. The van der Waals surface area contributed by atoms with Crippen molar-refractivity contribution in [3.05, 3.63) is 108 Å². The minimum Gasteiger partial charge on any atom is -0.343 e. The first-order chi connectivity index (χ1) is 17.2. The number of hydrogen-bond donors (Lipinski definition) is 1. The molecule has 0 spiro atoms. The van der Waals surface area contributed by atoms with Gasteiger partial charge < -0.3 is 10.2 Å². The minimum absolute atomic E-state index is 0.0395. The number of benzene rings is 3. The maximum absolute atomic E-state index is 13.9. The number of nitrogens with zero attached hydrogens (tertiary/aromatic N) is 1. The van der Waals surface area contributed by atoms with E-state index in [0.29, 0.717) is 17.2 Å². The molecule has 0 bridgehead atoms. The van der Waals surface area contributed by atoms with Gasteiger partial charge in [-0.15, -0.1) is 11.8 Å². The summed E-state index contributed by atoms with van der Waals surface area (Å²) < 4.78 is 0. The molecule has 1 aliphatic carbocycles. The lowest BCUT2D eigenvalue weighted by Gasteiger charge is -2.36. The second kappa shape index (κ2) is 11.1. The molecule has 5 rings (SSSR count). The average molecular weight is 485 g/mol. The Bertz CT molecular complexity index is 1080. The third-order valence-electron chi connectivity index (χ3n) is 7.20. The van der Waals surface area contributed by atoms with Crippen LogP contribution in [0.25, 0.3) is 0 Å². The van der Waals surface area contributed by atoms with Crippen LogP contribution in [0.4, 0.5) is 0 Å². The van der Waals surface area contributed by atoms with Crippen molar-refractivity contribution < 1.29 is 9.59 Å². The molecule has 1 saturated carbocycles. The number of hydrogen-bond acceptors (Lipinski definition) is 3. The highest BCUT2D eigenvalue weighted by molar-refractivity contribution is 8.00. The molecule has 0 aromatic heterocycles. The van der Waals surface area contributed by atoms with E-state index in [-0.39, 0.29) is 23.2 Å². The molecule has 1 N–H and O–H groups in total. The summed E-state index contributed by atoms with van der Waals surface area (Å²) in [5.41, 5.74) is 2.71. The second-order valence-corrected chi connectivity index (χ2v) is 10.6. The summed E-state index contributed by atoms with van der Waals surface area (Å²) in [7, 11) is 0. The summed E-state index contributed by atoms with van der Waals surface area (Å²) in [4.78, 5) is 29.5. The Kier molecular flexibility index (Phi) is 7.53. The Balaban J connectivity index is 1.44. The Hall–Kier alpha value is -3.05. The molecule has 2 amide bonds.